The van der Waals surface area contributed by atoms with Gasteiger partial charge in [-0.05, 0) is 18.3 Å². The summed E-state index contributed by atoms with van der Waals surface area (Å²) >= 11 is 0. The molecule has 0 aromatic rings. The Balaban J connectivity index is 1.52. The van der Waals surface area contributed by atoms with E-state index in [2.05, 4.69) is 19.2 Å². The van der Waals surface area contributed by atoms with Crippen LogP contribution in [-0.4, -0.2) is 38.9 Å². The summed E-state index contributed by atoms with van der Waals surface area (Å²) in [5.74, 6) is 0.595. The van der Waals surface area contributed by atoms with Crippen molar-refractivity contribution in [3.8, 4) is 0 Å². The molecule has 0 bridgehead atoms. The van der Waals surface area contributed by atoms with Crippen LogP contribution >= 0.6 is 0 Å². The van der Waals surface area contributed by atoms with Gasteiger partial charge < -0.3 is 14.8 Å². The minimum atomic E-state index is 0.0575. The lowest BCUT2D eigenvalue weighted by Gasteiger charge is -2.31. The van der Waals surface area contributed by atoms with Crippen molar-refractivity contribution >= 4 is 5.91 Å². The minimum Gasteiger partial charge on any atom is -0.381 e. The number of amides is 1. The van der Waals surface area contributed by atoms with Crippen LogP contribution in [0.5, 0.6) is 0 Å². The Morgan fingerprint density at radius 3 is 3.00 bits per heavy atom. The van der Waals surface area contributed by atoms with Gasteiger partial charge in [-0.25, -0.2) is 0 Å². The predicted molar refractivity (Wildman–Crippen MR) is 69.2 cm³/mol. The molecule has 102 valence electrons. The van der Waals surface area contributed by atoms with Crippen LogP contribution in [0.4, 0.5) is 0 Å². The second-order valence-corrected chi connectivity index (χ2v) is 5.90. The SMILES string of the molecule is CC1(C)C=C(C(=O)NCCOCC2CCOC2)C1. The molecule has 1 heterocycles. The van der Waals surface area contributed by atoms with Gasteiger partial charge in [0.25, 0.3) is 0 Å². The molecule has 2 aliphatic rings. The molecule has 0 spiro atoms. The maximum atomic E-state index is 11.7. The van der Waals surface area contributed by atoms with Crippen LogP contribution in [0.15, 0.2) is 11.6 Å². The number of hydrogen-bond acceptors (Lipinski definition) is 3. The summed E-state index contributed by atoms with van der Waals surface area (Å²) in [5.41, 5.74) is 1.11. The fourth-order valence-corrected chi connectivity index (χ4v) is 2.39. The predicted octanol–water partition coefficient (Wildman–Crippen LogP) is 1.51. The number of ether oxygens (including phenoxy) is 2. The quantitative estimate of drug-likeness (QED) is 0.730. The second kappa shape index (κ2) is 5.85. The van der Waals surface area contributed by atoms with E-state index in [1.807, 2.05) is 6.08 Å². The molecule has 1 fully saturated rings. The third-order valence-corrected chi connectivity index (χ3v) is 3.41. The third kappa shape index (κ3) is 3.82. The van der Waals surface area contributed by atoms with E-state index in [-0.39, 0.29) is 11.3 Å². The van der Waals surface area contributed by atoms with Crippen molar-refractivity contribution in [1.29, 1.82) is 0 Å². The smallest absolute Gasteiger partial charge is 0.247 e. The normalized spacial score (nSPS) is 25.4. The summed E-state index contributed by atoms with van der Waals surface area (Å²) in [6.07, 6.45) is 4.01. The number of nitrogens with one attached hydrogen (secondary N) is 1. The zero-order chi connectivity index (χ0) is 13.0. The van der Waals surface area contributed by atoms with E-state index in [0.29, 0.717) is 19.1 Å². The van der Waals surface area contributed by atoms with Crippen LogP contribution in [0, 0.1) is 11.3 Å². The van der Waals surface area contributed by atoms with Crippen molar-refractivity contribution in [2.45, 2.75) is 26.7 Å². The maximum Gasteiger partial charge on any atom is 0.247 e. The largest absolute Gasteiger partial charge is 0.381 e. The first kappa shape index (κ1) is 13.6. The Hall–Kier alpha value is -0.870. The molecule has 18 heavy (non-hydrogen) atoms. The van der Waals surface area contributed by atoms with Gasteiger partial charge in [0.15, 0.2) is 0 Å². The number of hydrogen-bond donors (Lipinski definition) is 1. The average Bonchev–Trinajstić information content (AvgIpc) is 2.78. The highest BCUT2D eigenvalue weighted by atomic mass is 16.5. The average molecular weight is 253 g/mol. The van der Waals surface area contributed by atoms with Crippen molar-refractivity contribution in [2.24, 2.45) is 11.3 Å². The Bertz CT molecular complexity index is 330. The zero-order valence-electron chi connectivity index (χ0n) is 11.3. The lowest BCUT2D eigenvalue weighted by molar-refractivity contribution is -0.118. The molecule has 0 aromatic carbocycles. The summed E-state index contributed by atoms with van der Waals surface area (Å²) in [5, 5.41) is 2.88. The molecule has 0 saturated carbocycles. The fourth-order valence-electron chi connectivity index (χ4n) is 2.39. The molecule has 1 unspecified atom stereocenters. The van der Waals surface area contributed by atoms with Gasteiger partial charge in [0.1, 0.15) is 0 Å². The van der Waals surface area contributed by atoms with E-state index >= 15 is 0 Å². The van der Waals surface area contributed by atoms with Gasteiger partial charge in [0.05, 0.1) is 19.8 Å². The molecule has 4 heteroatoms. The van der Waals surface area contributed by atoms with E-state index < -0.39 is 0 Å². The summed E-state index contributed by atoms with van der Waals surface area (Å²) in [4.78, 5) is 11.7. The van der Waals surface area contributed by atoms with Crippen LogP contribution in [0.25, 0.3) is 0 Å². The van der Waals surface area contributed by atoms with Gasteiger partial charge in [-0.15, -0.1) is 0 Å². The number of rotatable bonds is 6. The van der Waals surface area contributed by atoms with Gasteiger partial charge >= 0.3 is 0 Å². The number of allylic oxidation sites excluding steroid dienone is 1. The lowest BCUT2D eigenvalue weighted by Crippen LogP contribution is -2.34. The van der Waals surface area contributed by atoms with Crippen LogP contribution in [0.3, 0.4) is 0 Å². The van der Waals surface area contributed by atoms with E-state index in [1.54, 1.807) is 0 Å². The van der Waals surface area contributed by atoms with Crippen LogP contribution < -0.4 is 5.32 Å². The van der Waals surface area contributed by atoms with E-state index in [1.165, 1.54) is 0 Å². The molecule has 1 saturated heterocycles. The van der Waals surface area contributed by atoms with Crippen molar-refractivity contribution in [3.63, 3.8) is 0 Å². The van der Waals surface area contributed by atoms with Crippen LogP contribution in [0.1, 0.15) is 26.7 Å². The first-order valence-corrected chi connectivity index (χ1v) is 6.72. The van der Waals surface area contributed by atoms with Crippen molar-refractivity contribution < 1.29 is 14.3 Å². The van der Waals surface area contributed by atoms with E-state index in [0.717, 1.165) is 38.2 Å². The van der Waals surface area contributed by atoms with Crippen molar-refractivity contribution in [3.05, 3.63) is 11.6 Å². The Morgan fingerprint density at radius 1 is 1.61 bits per heavy atom. The molecular weight excluding hydrogens is 230 g/mol. The summed E-state index contributed by atoms with van der Waals surface area (Å²) in [7, 11) is 0. The standard InChI is InChI=1S/C14H23NO3/c1-14(2)7-12(8-14)13(16)15-4-6-18-10-11-3-5-17-9-11/h7,11H,3-6,8-10H2,1-2H3,(H,15,16). The van der Waals surface area contributed by atoms with Crippen molar-refractivity contribution in [2.75, 3.05) is 33.0 Å². The molecule has 1 amide bonds. The molecular formula is C14H23NO3. The molecule has 4 nitrogen and oxygen atoms in total. The highest BCUT2D eigenvalue weighted by Gasteiger charge is 2.30. The van der Waals surface area contributed by atoms with Crippen LogP contribution in [0.2, 0.25) is 0 Å². The first-order valence-electron chi connectivity index (χ1n) is 6.72. The topological polar surface area (TPSA) is 47.6 Å². The van der Waals surface area contributed by atoms with E-state index in [4.69, 9.17) is 9.47 Å². The Kier molecular flexibility index (Phi) is 4.40. The molecule has 1 aliphatic carbocycles. The van der Waals surface area contributed by atoms with E-state index in [9.17, 15) is 4.79 Å². The highest BCUT2D eigenvalue weighted by Crippen LogP contribution is 2.37. The maximum absolute atomic E-state index is 11.7. The molecule has 2 rings (SSSR count). The van der Waals surface area contributed by atoms with Gasteiger partial charge in [-0.3, -0.25) is 4.79 Å². The highest BCUT2D eigenvalue weighted by molar-refractivity contribution is 5.95. The van der Waals surface area contributed by atoms with Gasteiger partial charge in [0, 0.05) is 24.6 Å². The molecule has 0 aromatic heterocycles. The molecule has 1 atom stereocenters. The second-order valence-electron chi connectivity index (χ2n) is 5.90. The monoisotopic (exact) mass is 253 g/mol. The third-order valence-electron chi connectivity index (χ3n) is 3.41. The summed E-state index contributed by atoms with van der Waals surface area (Å²) in [6.45, 7) is 7.85. The summed E-state index contributed by atoms with van der Waals surface area (Å²) < 4.78 is 10.8. The Morgan fingerprint density at radius 2 is 2.39 bits per heavy atom. The summed E-state index contributed by atoms with van der Waals surface area (Å²) in [6, 6.07) is 0. The molecule has 0 radical (unpaired) electrons. The van der Waals surface area contributed by atoms with Crippen LogP contribution in [-0.2, 0) is 14.3 Å². The molecule has 1 aliphatic heterocycles. The van der Waals surface area contributed by atoms with Gasteiger partial charge in [0.2, 0.25) is 5.91 Å². The number of carbonyl (C=O) groups excluding carboxylic acids is 1. The fraction of sp³-hybridized carbons (Fsp3) is 0.786. The van der Waals surface area contributed by atoms with Gasteiger partial charge in [-0.2, -0.15) is 0 Å². The lowest BCUT2D eigenvalue weighted by atomic mass is 9.74. The van der Waals surface area contributed by atoms with Crippen molar-refractivity contribution in [1.82, 2.24) is 5.32 Å². The molecule has 1 N–H and O–H groups in total. The van der Waals surface area contributed by atoms with Gasteiger partial charge in [-0.1, -0.05) is 19.9 Å². The first-order chi connectivity index (χ1) is 8.57. The minimum absolute atomic E-state index is 0.0575. The number of carbonyl (C=O) groups is 1. The Labute approximate surface area is 109 Å². The zero-order valence-corrected chi connectivity index (χ0v) is 11.3.